The predicted molar refractivity (Wildman–Crippen MR) is 70.8 cm³/mol. The standard InChI is InChI=1S/C16H18O2/c1-2-6-13-14-11-18-15(17)16(13,14)10-9-12-7-4-3-5-8-12/h3-5,7-10,13-14H,2,6,11H2,1H3/b10-9+/t13-,14+,16-/m0/s1. The second-order valence-corrected chi connectivity index (χ2v) is 5.28. The third kappa shape index (κ3) is 1.59. The van der Waals surface area contributed by atoms with E-state index in [9.17, 15) is 4.79 Å². The zero-order chi connectivity index (χ0) is 12.6. The second kappa shape index (κ2) is 4.27. The molecule has 1 saturated heterocycles. The van der Waals surface area contributed by atoms with E-state index < -0.39 is 0 Å². The lowest BCUT2D eigenvalue weighted by molar-refractivity contribution is -0.144. The van der Waals surface area contributed by atoms with Gasteiger partial charge in [-0.3, -0.25) is 4.79 Å². The predicted octanol–water partition coefficient (Wildman–Crippen LogP) is 3.29. The summed E-state index contributed by atoms with van der Waals surface area (Å²) in [6.45, 7) is 2.79. The molecule has 1 aromatic carbocycles. The summed E-state index contributed by atoms with van der Waals surface area (Å²) in [5.41, 5.74) is 0.846. The topological polar surface area (TPSA) is 26.3 Å². The van der Waals surface area contributed by atoms with Crippen LogP contribution >= 0.6 is 0 Å². The van der Waals surface area contributed by atoms with Crippen molar-refractivity contribution in [2.45, 2.75) is 19.8 Å². The first kappa shape index (κ1) is 11.5. The lowest BCUT2D eigenvalue weighted by atomic mass is 9.99. The van der Waals surface area contributed by atoms with Crippen LogP contribution in [-0.2, 0) is 9.53 Å². The molecule has 3 rings (SSSR count). The van der Waals surface area contributed by atoms with E-state index in [2.05, 4.69) is 31.2 Å². The van der Waals surface area contributed by atoms with Gasteiger partial charge in [0.25, 0.3) is 0 Å². The Labute approximate surface area is 108 Å². The number of carbonyl (C=O) groups excluding carboxylic acids is 1. The Balaban J connectivity index is 1.82. The molecule has 18 heavy (non-hydrogen) atoms. The Morgan fingerprint density at radius 1 is 1.39 bits per heavy atom. The first-order valence-corrected chi connectivity index (χ1v) is 6.70. The van der Waals surface area contributed by atoms with Crippen molar-refractivity contribution in [2.75, 3.05) is 6.61 Å². The van der Waals surface area contributed by atoms with Crippen molar-refractivity contribution in [1.29, 1.82) is 0 Å². The highest BCUT2D eigenvalue weighted by Crippen LogP contribution is 2.66. The third-order valence-electron chi connectivity index (χ3n) is 4.30. The van der Waals surface area contributed by atoms with Crippen molar-refractivity contribution >= 4 is 12.0 Å². The summed E-state index contributed by atoms with van der Waals surface area (Å²) >= 11 is 0. The van der Waals surface area contributed by atoms with Crippen LogP contribution in [0.1, 0.15) is 25.3 Å². The maximum atomic E-state index is 12.0. The van der Waals surface area contributed by atoms with E-state index in [0.717, 1.165) is 18.4 Å². The minimum atomic E-state index is -0.300. The summed E-state index contributed by atoms with van der Waals surface area (Å²) in [4.78, 5) is 12.0. The van der Waals surface area contributed by atoms with Gasteiger partial charge in [0.15, 0.2) is 0 Å². The van der Waals surface area contributed by atoms with Crippen LogP contribution in [0.15, 0.2) is 36.4 Å². The Kier molecular flexibility index (Phi) is 2.73. The zero-order valence-electron chi connectivity index (χ0n) is 10.6. The van der Waals surface area contributed by atoms with Crippen LogP contribution in [-0.4, -0.2) is 12.6 Å². The van der Waals surface area contributed by atoms with Gasteiger partial charge in [-0.15, -0.1) is 0 Å². The van der Waals surface area contributed by atoms with E-state index in [1.54, 1.807) is 0 Å². The summed E-state index contributed by atoms with van der Waals surface area (Å²) in [7, 11) is 0. The molecule has 1 aliphatic carbocycles. The van der Waals surface area contributed by atoms with Crippen LogP contribution in [0.5, 0.6) is 0 Å². The number of ether oxygens (including phenoxy) is 1. The number of benzene rings is 1. The van der Waals surface area contributed by atoms with E-state index in [0.29, 0.717) is 18.4 Å². The molecule has 2 heteroatoms. The molecule has 1 heterocycles. The van der Waals surface area contributed by atoms with Gasteiger partial charge in [-0.05, 0) is 17.9 Å². The number of carbonyl (C=O) groups is 1. The minimum Gasteiger partial charge on any atom is -0.465 e. The molecule has 1 saturated carbocycles. The molecule has 2 aliphatic rings. The van der Waals surface area contributed by atoms with Crippen LogP contribution in [0.3, 0.4) is 0 Å². The molecule has 0 unspecified atom stereocenters. The van der Waals surface area contributed by atoms with Crippen LogP contribution in [0.25, 0.3) is 6.08 Å². The fourth-order valence-electron chi connectivity index (χ4n) is 3.27. The Morgan fingerprint density at radius 3 is 2.89 bits per heavy atom. The Hall–Kier alpha value is -1.57. The molecule has 0 bridgehead atoms. The molecule has 0 spiro atoms. The average molecular weight is 242 g/mol. The van der Waals surface area contributed by atoms with Crippen molar-refractivity contribution < 1.29 is 9.53 Å². The normalized spacial score (nSPS) is 33.5. The Morgan fingerprint density at radius 2 is 2.17 bits per heavy atom. The maximum absolute atomic E-state index is 12.0. The van der Waals surface area contributed by atoms with E-state index in [1.807, 2.05) is 18.2 Å². The van der Waals surface area contributed by atoms with Gasteiger partial charge in [0.1, 0.15) is 0 Å². The quantitative estimate of drug-likeness (QED) is 0.757. The molecule has 0 N–H and O–H groups in total. The van der Waals surface area contributed by atoms with Crippen LogP contribution in [0.2, 0.25) is 0 Å². The number of cyclic esters (lactones) is 1. The summed E-state index contributed by atoms with van der Waals surface area (Å²) < 4.78 is 5.19. The first-order valence-electron chi connectivity index (χ1n) is 6.70. The maximum Gasteiger partial charge on any atom is 0.316 e. The van der Waals surface area contributed by atoms with Crippen LogP contribution < -0.4 is 0 Å². The van der Waals surface area contributed by atoms with Gasteiger partial charge in [0, 0.05) is 5.92 Å². The lowest BCUT2D eigenvalue weighted by Gasteiger charge is -2.08. The summed E-state index contributed by atoms with van der Waals surface area (Å²) in [5.74, 6) is 0.909. The van der Waals surface area contributed by atoms with E-state index in [-0.39, 0.29) is 11.4 Å². The average Bonchev–Trinajstić information content (AvgIpc) is 2.89. The number of hydrogen-bond acceptors (Lipinski definition) is 2. The molecular weight excluding hydrogens is 224 g/mol. The van der Waals surface area contributed by atoms with Crippen molar-refractivity contribution in [3.63, 3.8) is 0 Å². The molecule has 94 valence electrons. The van der Waals surface area contributed by atoms with Gasteiger partial charge in [0.05, 0.1) is 12.0 Å². The number of hydrogen-bond donors (Lipinski definition) is 0. The minimum absolute atomic E-state index is 0.0156. The number of rotatable bonds is 4. The second-order valence-electron chi connectivity index (χ2n) is 5.28. The summed E-state index contributed by atoms with van der Waals surface area (Å²) in [5, 5.41) is 0. The lowest BCUT2D eigenvalue weighted by Crippen LogP contribution is -2.15. The SMILES string of the molecule is CCC[C@H]1[C@H]2COC(=O)[C@]21/C=C/c1ccccc1. The molecule has 3 atom stereocenters. The highest BCUT2D eigenvalue weighted by atomic mass is 16.5. The third-order valence-corrected chi connectivity index (χ3v) is 4.30. The summed E-state index contributed by atoms with van der Waals surface area (Å²) in [6.07, 6.45) is 6.41. The first-order chi connectivity index (χ1) is 8.79. The van der Waals surface area contributed by atoms with Crippen molar-refractivity contribution in [1.82, 2.24) is 0 Å². The zero-order valence-corrected chi connectivity index (χ0v) is 10.6. The van der Waals surface area contributed by atoms with Gasteiger partial charge in [-0.1, -0.05) is 55.8 Å². The molecule has 1 aliphatic heterocycles. The van der Waals surface area contributed by atoms with Gasteiger partial charge >= 0.3 is 5.97 Å². The molecule has 0 aromatic heterocycles. The van der Waals surface area contributed by atoms with E-state index in [1.165, 1.54) is 0 Å². The monoisotopic (exact) mass is 242 g/mol. The van der Waals surface area contributed by atoms with Crippen molar-refractivity contribution in [2.24, 2.45) is 17.3 Å². The van der Waals surface area contributed by atoms with Crippen molar-refractivity contribution in [3.05, 3.63) is 42.0 Å². The molecule has 1 aromatic rings. The molecular formula is C16H18O2. The fourth-order valence-corrected chi connectivity index (χ4v) is 3.27. The molecule has 0 radical (unpaired) electrons. The molecule has 2 nitrogen and oxygen atoms in total. The van der Waals surface area contributed by atoms with E-state index >= 15 is 0 Å². The van der Waals surface area contributed by atoms with Gasteiger partial charge in [-0.25, -0.2) is 0 Å². The molecule has 2 fully saturated rings. The fraction of sp³-hybridized carbons (Fsp3) is 0.438. The number of fused-ring (bicyclic) bond motifs is 1. The number of esters is 1. The van der Waals surface area contributed by atoms with Crippen LogP contribution in [0, 0.1) is 17.3 Å². The highest BCUT2D eigenvalue weighted by Gasteiger charge is 2.72. The van der Waals surface area contributed by atoms with E-state index in [4.69, 9.17) is 4.74 Å². The van der Waals surface area contributed by atoms with Gasteiger partial charge in [-0.2, -0.15) is 0 Å². The van der Waals surface area contributed by atoms with Crippen molar-refractivity contribution in [3.8, 4) is 0 Å². The Bertz CT molecular complexity index is 477. The highest BCUT2D eigenvalue weighted by molar-refractivity contribution is 5.87. The van der Waals surface area contributed by atoms with Gasteiger partial charge in [0.2, 0.25) is 0 Å². The smallest absolute Gasteiger partial charge is 0.316 e. The van der Waals surface area contributed by atoms with Gasteiger partial charge < -0.3 is 4.74 Å². The molecule has 0 amide bonds. The largest absolute Gasteiger partial charge is 0.465 e. The summed E-state index contributed by atoms with van der Waals surface area (Å²) in [6, 6.07) is 10.1. The van der Waals surface area contributed by atoms with Crippen LogP contribution in [0.4, 0.5) is 0 Å².